The van der Waals surface area contributed by atoms with E-state index in [1.165, 1.54) is 25.7 Å². The van der Waals surface area contributed by atoms with Crippen LogP contribution in [0.4, 0.5) is 0 Å². The van der Waals surface area contributed by atoms with Crippen molar-refractivity contribution in [1.82, 2.24) is 5.32 Å². The van der Waals surface area contributed by atoms with Crippen molar-refractivity contribution >= 4 is 12.2 Å². The highest BCUT2D eigenvalue weighted by molar-refractivity contribution is 5.79. The van der Waals surface area contributed by atoms with Gasteiger partial charge in [0.2, 0.25) is 5.91 Å². The van der Waals surface area contributed by atoms with Gasteiger partial charge in [-0.3, -0.25) is 4.79 Å². The molecule has 1 amide bonds. The second-order valence-electron chi connectivity index (χ2n) is 6.20. The Morgan fingerprint density at radius 1 is 1.12 bits per heavy atom. The molecule has 140 valence electrons. The summed E-state index contributed by atoms with van der Waals surface area (Å²) in [6, 6.07) is -0.541. The van der Waals surface area contributed by atoms with E-state index in [0.29, 0.717) is 25.7 Å². The Hall–Kier alpha value is -1.20. The molecule has 0 saturated carbocycles. The van der Waals surface area contributed by atoms with Crippen LogP contribution in [-0.2, 0) is 14.3 Å². The second kappa shape index (κ2) is 16.7. The molecule has 0 aromatic rings. The van der Waals surface area contributed by atoms with E-state index in [4.69, 9.17) is 4.74 Å². The topological polar surface area (TPSA) is 75.6 Å². The smallest absolute Gasteiger partial charge is 0.223 e. The second-order valence-corrected chi connectivity index (χ2v) is 6.20. The number of aldehydes is 1. The first-order valence-corrected chi connectivity index (χ1v) is 9.20. The maximum absolute atomic E-state index is 11.8. The quantitative estimate of drug-likeness (QED) is 0.257. The number of unbranched alkanes of at least 4 members (excludes halogenated alkanes) is 5. The lowest BCUT2D eigenvalue weighted by Crippen LogP contribution is -2.38. The standard InChI is InChI=1S/C19H35NO4/c1-3-4-5-6-7-8-9-10-11-12-18(22)15-19(23)20-17(16-21)13-14-24-2/h8-9,16-18,22H,3-7,10-15H2,1-2H3,(H,20,23)/b9-8-/t17-,18?/m0/s1. The lowest BCUT2D eigenvalue weighted by atomic mass is 10.1. The predicted molar refractivity (Wildman–Crippen MR) is 96.9 cm³/mol. The van der Waals surface area contributed by atoms with Crippen LogP contribution >= 0.6 is 0 Å². The maximum Gasteiger partial charge on any atom is 0.223 e. The molecule has 2 atom stereocenters. The molecule has 0 fully saturated rings. The normalized spacial score (nSPS) is 13.8. The molecular formula is C19H35NO4. The van der Waals surface area contributed by atoms with Crippen LogP contribution in [0.1, 0.15) is 71.1 Å². The van der Waals surface area contributed by atoms with E-state index in [-0.39, 0.29) is 12.3 Å². The molecule has 0 saturated heterocycles. The molecule has 0 aliphatic carbocycles. The number of amides is 1. The van der Waals surface area contributed by atoms with Crippen molar-refractivity contribution in [3.63, 3.8) is 0 Å². The molecule has 5 nitrogen and oxygen atoms in total. The molecule has 5 heteroatoms. The zero-order valence-corrected chi connectivity index (χ0v) is 15.3. The molecule has 1 unspecified atom stereocenters. The lowest BCUT2D eigenvalue weighted by molar-refractivity contribution is -0.126. The summed E-state index contributed by atoms with van der Waals surface area (Å²) >= 11 is 0. The Labute approximate surface area is 146 Å². The molecule has 0 aliphatic rings. The summed E-state index contributed by atoms with van der Waals surface area (Å²) in [5.74, 6) is -0.290. The minimum Gasteiger partial charge on any atom is -0.393 e. The molecule has 0 radical (unpaired) electrons. The third-order valence-corrected chi connectivity index (χ3v) is 3.86. The van der Waals surface area contributed by atoms with Gasteiger partial charge in [-0.25, -0.2) is 0 Å². The van der Waals surface area contributed by atoms with Crippen molar-refractivity contribution in [3.05, 3.63) is 12.2 Å². The largest absolute Gasteiger partial charge is 0.393 e. The number of ether oxygens (including phenoxy) is 1. The molecule has 0 aromatic heterocycles. The number of rotatable bonds is 16. The number of hydrogen-bond acceptors (Lipinski definition) is 4. The van der Waals surface area contributed by atoms with Crippen molar-refractivity contribution in [3.8, 4) is 0 Å². The zero-order chi connectivity index (χ0) is 18.0. The van der Waals surface area contributed by atoms with Crippen LogP contribution in [0.15, 0.2) is 12.2 Å². The Bertz CT molecular complexity index is 344. The van der Waals surface area contributed by atoms with Gasteiger partial charge in [0.1, 0.15) is 6.29 Å². The molecular weight excluding hydrogens is 306 g/mol. The summed E-state index contributed by atoms with van der Waals surface area (Å²) in [5, 5.41) is 12.5. The Morgan fingerprint density at radius 2 is 1.83 bits per heavy atom. The fourth-order valence-corrected chi connectivity index (χ4v) is 2.40. The number of allylic oxidation sites excluding steroid dienone is 2. The average molecular weight is 341 g/mol. The number of aliphatic hydroxyl groups is 1. The number of carbonyl (C=O) groups is 2. The van der Waals surface area contributed by atoms with E-state index in [1.807, 2.05) is 0 Å². The number of carbonyl (C=O) groups excluding carboxylic acids is 2. The van der Waals surface area contributed by atoms with E-state index in [0.717, 1.165) is 19.3 Å². The summed E-state index contributed by atoms with van der Waals surface area (Å²) in [7, 11) is 1.55. The summed E-state index contributed by atoms with van der Waals surface area (Å²) in [6.07, 6.45) is 13.5. The van der Waals surface area contributed by atoms with Crippen LogP contribution < -0.4 is 5.32 Å². The summed E-state index contributed by atoms with van der Waals surface area (Å²) in [6.45, 7) is 2.62. The molecule has 0 heterocycles. The zero-order valence-electron chi connectivity index (χ0n) is 15.3. The van der Waals surface area contributed by atoms with Gasteiger partial charge >= 0.3 is 0 Å². The van der Waals surface area contributed by atoms with E-state index >= 15 is 0 Å². The Morgan fingerprint density at radius 3 is 2.46 bits per heavy atom. The van der Waals surface area contributed by atoms with Crippen molar-refractivity contribution in [2.24, 2.45) is 0 Å². The van der Waals surface area contributed by atoms with E-state index in [1.54, 1.807) is 7.11 Å². The number of methoxy groups -OCH3 is 1. The highest BCUT2D eigenvalue weighted by Crippen LogP contribution is 2.07. The summed E-state index contributed by atoms with van der Waals surface area (Å²) in [5.41, 5.74) is 0. The first kappa shape index (κ1) is 22.8. The van der Waals surface area contributed by atoms with Crippen LogP contribution in [0.25, 0.3) is 0 Å². The molecule has 0 rings (SSSR count). The average Bonchev–Trinajstić information content (AvgIpc) is 2.57. The lowest BCUT2D eigenvalue weighted by Gasteiger charge is -2.14. The van der Waals surface area contributed by atoms with Gasteiger partial charge in [-0.15, -0.1) is 0 Å². The third-order valence-electron chi connectivity index (χ3n) is 3.86. The molecule has 0 spiro atoms. The van der Waals surface area contributed by atoms with E-state index < -0.39 is 12.1 Å². The van der Waals surface area contributed by atoms with Crippen LogP contribution in [0.2, 0.25) is 0 Å². The van der Waals surface area contributed by atoms with Gasteiger partial charge in [0.25, 0.3) is 0 Å². The van der Waals surface area contributed by atoms with E-state index in [9.17, 15) is 14.7 Å². The first-order chi connectivity index (χ1) is 11.6. The Kier molecular flexibility index (Phi) is 15.8. The van der Waals surface area contributed by atoms with Crippen LogP contribution in [0.5, 0.6) is 0 Å². The highest BCUT2D eigenvalue weighted by atomic mass is 16.5. The minimum atomic E-state index is -0.655. The monoisotopic (exact) mass is 341 g/mol. The number of nitrogens with one attached hydrogen (secondary N) is 1. The first-order valence-electron chi connectivity index (χ1n) is 9.20. The van der Waals surface area contributed by atoms with Gasteiger partial charge in [0.05, 0.1) is 18.6 Å². The van der Waals surface area contributed by atoms with Crippen LogP contribution in [0.3, 0.4) is 0 Å². The minimum absolute atomic E-state index is 0.0397. The van der Waals surface area contributed by atoms with Gasteiger partial charge in [-0.2, -0.15) is 0 Å². The van der Waals surface area contributed by atoms with Gasteiger partial charge in [0.15, 0.2) is 0 Å². The van der Waals surface area contributed by atoms with Gasteiger partial charge in [-0.05, 0) is 38.5 Å². The van der Waals surface area contributed by atoms with Crippen LogP contribution in [-0.4, -0.2) is 43.2 Å². The molecule has 24 heavy (non-hydrogen) atoms. The molecule has 0 aliphatic heterocycles. The van der Waals surface area contributed by atoms with Gasteiger partial charge < -0.3 is 20.0 Å². The van der Waals surface area contributed by atoms with Crippen molar-refractivity contribution in [2.45, 2.75) is 83.3 Å². The fourth-order valence-electron chi connectivity index (χ4n) is 2.40. The van der Waals surface area contributed by atoms with Gasteiger partial charge in [-0.1, -0.05) is 38.3 Å². The van der Waals surface area contributed by atoms with Gasteiger partial charge in [0, 0.05) is 13.7 Å². The van der Waals surface area contributed by atoms with Crippen molar-refractivity contribution < 1.29 is 19.4 Å². The third kappa shape index (κ3) is 14.4. The Balaban J connectivity index is 3.69. The number of hydrogen-bond donors (Lipinski definition) is 2. The predicted octanol–water partition coefficient (Wildman–Crippen LogP) is 3.15. The summed E-state index contributed by atoms with van der Waals surface area (Å²) < 4.78 is 4.88. The van der Waals surface area contributed by atoms with Crippen molar-refractivity contribution in [2.75, 3.05) is 13.7 Å². The fraction of sp³-hybridized carbons (Fsp3) is 0.789. The SMILES string of the molecule is CCCCCC/C=C\CCCC(O)CC(=O)N[C@H](C=O)CCOC. The molecule has 2 N–H and O–H groups in total. The van der Waals surface area contributed by atoms with Crippen LogP contribution in [0, 0.1) is 0 Å². The molecule has 0 aromatic carbocycles. The van der Waals surface area contributed by atoms with E-state index in [2.05, 4.69) is 24.4 Å². The highest BCUT2D eigenvalue weighted by Gasteiger charge is 2.14. The van der Waals surface area contributed by atoms with Crippen molar-refractivity contribution in [1.29, 1.82) is 0 Å². The summed E-state index contributed by atoms with van der Waals surface area (Å²) in [4.78, 5) is 22.6. The maximum atomic E-state index is 11.8. The molecule has 0 bridgehead atoms. The number of aliphatic hydroxyl groups excluding tert-OH is 1.